The van der Waals surface area contributed by atoms with E-state index in [1.54, 1.807) is 0 Å². The van der Waals surface area contributed by atoms with Crippen LogP contribution in [0.2, 0.25) is 0 Å². The Labute approximate surface area is 125 Å². The Hall–Kier alpha value is -1.67. The molecular formula is C13H25N7O. The zero-order valence-corrected chi connectivity index (χ0v) is 12.6. The van der Waals surface area contributed by atoms with Crippen molar-refractivity contribution in [3.05, 3.63) is 0 Å². The van der Waals surface area contributed by atoms with Crippen molar-refractivity contribution in [2.24, 2.45) is 0 Å². The van der Waals surface area contributed by atoms with Gasteiger partial charge in [-0.25, -0.2) is 5.48 Å². The first-order valence-corrected chi connectivity index (χ1v) is 7.69. The molecule has 8 heteroatoms. The molecule has 4 N–H and O–H groups in total. The van der Waals surface area contributed by atoms with E-state index in [1.165, 1.54) is 19.3 Å². The molecule has 0 radical (unpaired) electrons. The summed E-state index contributed by atoms with van der Waals surface area (Å²) in [6.45, 7) is 6.55. The van der Waals surface area contributed by atoms with Gasteiger partial charge in [-0.3, -0.25) is 5.21 Å². The second kappa shape index (κ2) is 8.58. The van der Waals surface area contributed by atoms with Crippen LogP contribution in [0.1, 0.15) is 32.6 Å². The Morgan fingerprint density at radius 2 is 1.86 bits per heavy atom. The summed E-state index contributed by atoms with van der Waals surface area (Å²) in [5, 5.41) is 15.6. The van der Waals surface area contributed by atoms with Gasteiger partial charge in [-0.2, -0.15) is 15.0 Å². The zero-order chi connectivity index (χ0) is 14.9. The molecule has 0 spiro atoms. The van der Waals surface area contributed by atoms with Crippen molar-refractivity contribution in [3.8, 4) is 0 Å². The summed E-state index contributed by atoms with van der Waals surface area (Å²) in [6.07, 6.45) is 4.75. The lowest BCUT2D eigenvalue weighted by molar-refractivity contribution is 0.382. The molecule has 0 bridgehead atoms. The first-order valence-electron chi connectivity index (χ1n) is 7.69. The smallest absolute Gasteiger partial charge is 0.253 e. The molecule has 1 saturated heterocycles. The number of unbranched alkanes of at least 4 members (excludes halogenated alkanes) is 3. The lowest BCUT2D eigenvalue weighted by Crippen LogP contribution is -2.44. The van der Waals surface area contributed by atoms with Gasteiger partial charge < -0.3 is 15.5 Å². The first-order chi connectivity index (χ1) is 10.3. The van der Waals surface area contributed by atoms with E-state index in [0.29, 0.717) is 11.9 Å². The van der Waals surface area contributed by atoms with Crippen molar-refractivity contribution < 1.29 is 5.21 Å². The number of hydrogen-bond donors (Lipinski definition) is 4. The topological polar surface area (TPSA) is 98.2 Å². The van der Waals surface area contributed by atoms with Crippen LogP contribution in [0.4, 0.5) is 17.8 Å². The summed E-state index contributed by atoms with van der Waals surface area (Å²) in [7, 11) is 0. The molecular weight excluding hydrogens is 270 g/mol. The molecule has 21 heavy (non-hydrogen) atoms. The van der Waals surface area contributed by atoms with E-state index >= 15 is 0 Å². The standard InChI is InChI=1S/C13H25N7O/c1-2-3-4-5-6-15-11-16-12(19-21)18-13(17-11)20-9-7-14-8-10-20/h14,21H,2-10H2,1H3,(H2,15,16,17,18,19). The van der Waals surface area contributed by atoms with Gasteiger partial charge in [0.05, 0.1) is 0 Å². The average Bonchev–Trinajstić information content (AvgIpc) is 2.55. The normalized spacial score (nSPS) is 15.0. The van der Waals surface area contributed by atoms with Gasteiger partial charge in [0.15, 0.2) is 0 Å². The predicted molar refractivity (Wildman–Crippen MR) is 83.0 cm³/mol. The molecule has 1 fully saturated rings. The fourth-order valence-corrected chi connectivity index (χ4v) is 2.25. The molecule has 8 nitrogen and oxygen atoms in total. The highest BCUT2D eigenvalue weighted by molar-refractivity contribution is 5.43. The van der Waals surface area contributed by atoms with E-state index in [1.807, 2.05) is 5.48 Å². The van der Waals surface area contributed by atoms with Gasteiger partial charge in [0.2, 0.25) is 11.9 Å². The van der Waals surface area contributed by atoms with Crippen LogP contribution in [0.15, 0.2) is 0 Å². The minimum absolute atomic E-state index is 0.176. The summed E-state index contributed by atoms with van der Waals surface area (Å²) < 4.78 is 0. The van der Waals surface area contributed by atoms with Crippen LogP contribution in [-0.4, -0.2) is 52.9 Å². The van der Waals surface area contributed by atoms with Gasteiger partial charge in [0, 0.05) is 32.7 Å². The number of hydrogen-bond acceptors (Lipinski definition) is 8. The van der Waals surface area contributed by atoms with Gasteiger partial charge in [-0.1, -0.05) is 26.2 Å². The fourth-order valence-electron chi connectivity index (χ4n) is 2.25. The maximum atomic E-state index is 9.06. The molecule has 0 atom stereocenters. The van der Waals surface area contributed by atoms with Crippen molar-refractivity contribution in [3.63, 3.8) is 0 Å². The van der Waals surface area contributed by atoms with Crippen LogP contribution in [0.5, 0.6) is 0 Å². The van der Waals surface area contributed by atoms with E-state index in [0.717, 1.165) is 39.1 Å². The van der Waals surface area contributed by atoms with Crippen molar-refractivity contribution >= 4 is 17.8 Å². The highest BCUT2D eigenvalue weighted by atomic mass is 16.5. The third kappa shape index (κ3) is 4.98. The molecule has 2 rings (SSSR count). The van der Waals surface area contributed by atoms with Gasteiger partial charge in [-0.15, -0.1) is 0 Å². The van der Waals surface area contributed by atoms with Crippen molar-refractivity contribution in [2.75, 3.05) is 48.4 Å². The molecule has 0 saturated carbocycles. The molecule has 1 aliphatic rings. The lowest BCUT2D eigenvalue weighted by Gasteiger charge is -2.27. The average molecular weight is 295 g/mol. The predicted octanol–water partition coefficient (Wildman–Crippen LogP) is 1.07. The summed E-state index contributed by atoms with van der Waals surface area (Å²) in [5.74, 6) is 1.28. The lowest BCUT2D eigenvalue weighted by atomic mass is 10.2. The van der Waals surface area contributed by atoms with Crippen molar-refractivity contribution in [2.45, 2.75) is 32.6 Å². The van der Waals surface area contributed by atoms with E-state index in [-0.39, 0.29) is 5.95 Å². The third-order valence-corrected chi connectivity index (χ3v) is 3.44. The molecule has 0 aromatic carbocycles. The molecule has 1 aromatic rings. The Morgan fingerprint density at radius 1 is 1.10 bits per heavy atom. The Balaban J connectivity index is 1.96. The van der Waals surface area contributed by atoms with Gasteiger partial charge >= 0.3 is 0 Å². The van der Waals surface area contributed by atoms with Gasteiger partial charge in [-0.05, 0) is 6.42 Å². The number of aromatic nitrogens is 3. The second-order valence-electron chi connectivity index (χ2n) is 5.12. The van der Waals surface area contributed by atoms with Crippen LogP contribution in [0.3, 0.4) is 0 Å². The van der Waals surface area contributed by atoms with E-state index in [2.05, 4.69) is 37.4 Å². The minimum Gasteiger partial charge on any atom is -0.354 e. The Morgan fingerprint density at radius 3 is 2.57 bits per heavy atom. The number of anilines is 3. The number of nitrogens with zero attached hydrogens (tertiary/aromatic N) is 4. The highest BCUT2D eigenvalue weighted by Gasteiger charge is 2.15. The largest absolute Gasteiger partial charge is 0.354 e. The van der Waals surface area contributed by atoms with Crippen molar-refractivity contribution in [1.82, 2.24) is 20.3 Å². The monoisotopic (exact) mass is 295 g/mol. The first kappa shape index (κ1) is 15.7. The maximum absolute atomic E-state index is 9.06. The molecule has 0 amide bonds. The molecule has 2 heterocycles. The Bertz CT molecular complexity index is 423. The summed E-state index contributed by atoms with van der Waals surface area (Å²) in [6, 6.07) is 0. The van der Waals surface area contributed by atoms with Crippen LogP contribution >= 0.6 is 0 Å². The molecule has 1 aromatic heterocycles. The number of rotatable bonds is 8. The van der Waals surface area contributed by atoms with Crippen LogP contribution < -0.4 is 21.0 Å². The summed E-state index contributed by atoms with van der Waals surface area (Å²) in [4.78, 5) is 14.9. The zero-order valence-electron chi connectivity index (χ0n) is 12.6. The van der Waals surface area contributed by atoms with Gasteiger partial charge in [0.25, 0.3) is 5.95 Å². The highest BCUT2D eigenvalue weighted by Crippen LogP contribution is 2.14. The molecule has 1 aliphatic heterocycles. The second-order valence-corrected chi connectivity index (χ2v) is 5.12. The van der Waals surface area contributed by atoms with Gasteiger partial charge in [0.1, 0.15) is 0 Å². The van der Waals surface area contributed by atoms with E-state index in [4.69, 9.17) is 5.21 Å². The molecule has 118 valence electrons. The minimum atomic E-state index is 0.176. The van der Waals surface area contributed by atoms with Crippen molar-refractivity contribution in [1.29, 1.82) is 0 Å². The van der Waals surface area contributed by atoms with Crippen LogP contribution in [0, 0.1) is 0 Å². The Kier molecular flexibility index (Phi) is 6.42. The van der Waals surface area contributed by atoms with Crippen LogP contribution in [0.25, 0.3) is 0 Å². The number of piperazine rings is 1. The SMILES string of the molecule is CCCCCCNc1nc(NO)nc(N2CCNCC2)n1. The maximum Gasteiger partial charge on any atom is 0.253 e. The molecule has 0 aliphatic carbocycles. The number of nitrogens with one attached hydrogen (secondary N) is 3. The van der Waals surface area contributed by atoms with E-state index < -0.39 is 0 Å². The summed E-state index contributed by atoms with van der Waals surface area (Å²) >= 11 is 0. The van der Waals surface area contributed by atoms with Crippen LogP contribution in [-0.2, 0) is 0 Å². The molecule has 0 unspecified atom stereocenters. The third-order valence-electron chi connectivity index (χ3n) is 3.44. The van der Waals surface area contributed by atoms with E-state index in [9.17, 15) is 0 Å². The fraction of sp³-hybridized carbons (Fsp3) is 0.769. The quantitative estimate of drug-likeness (QED) is 0.418. The summed E-state index contributed by atoms with van der Waals surface area (Å²) in [5.41, 5.74) is 2.01.